The molecule has 1 aromatic rings. The van der Waals surface area contributed by atoms with E-state index < -0.39 is 11.7 Å². The van der Waals surface area contributed by atoms with Crippen molar-refractivity contribution in [3.8, 4) is 5.75 Å². The topological polar surface area (TPSA) is 47.3 Å². The molecule has 6 heteroatoms. The minimum atomic E-state index is -4.37. The van der Waals surface area contributed by atoms with Crippen LogP contribution in [-0.2, 0) is 6.18 Å². The fraction of sp³-hybridized carbons (Fsp3) is 0.500. The molecule has 0 bridgehead atoms. The Morgan fingerprint density at radius 3 is 2.44 bits per heavy atom. The number of nitrogen functional groups attached to an aromatic ring is 1. The Labute approximate surface area is 103 Å². The summed E-state index contributed by atoms with van der Waals surface area (Å²) >= 11 is 0. The minimum Gasteiger partial charge on any atom is -0.488 e. The Kier molecular flexibility index (Phi) is 3.65. The number of piperidine rings is 1. The van der Waals surface area contributed by atoms with Gasteiger partial charge in [0.05, 0.1) is 11.3 Å². The molecule has 0 aliphatic carbocycles. The molecule has 0 unspecified atom stereocenters. The largest absolute Gasteiger partial charge is 0.488 e. The maximum atomic E-state index is 12.5. The van der Waals surface area contributed by atoms with Gasteiger partial charge in [-0.25, -0.2) is 0 Å². The lowest BCUT2D eigenvalue weighted by Crippen LogP contribution is -2.34. The van der Waals surface area contributed by atoms with Crippen LogP contribution in [0.2, 0.25) is 0 Å². The number of nitrogens with two attached hydrogens (primary N) is 1. The van der Waals surface area contributed by atoms with Crippen LogP contribution < -0.4 is 15.8 Å². The van der Waals surface area contributed by atoms with E-state index >= 15 is 0 Å². The first-order valence-electron chi connectivity index (χ1n) is 5.81. The molecule has 0 amide bonds. The molecule has 1 heterocycles. The van der Waals surface area contributed by atoms with Crippen LogP contribution in [0.1, 0.15) is 18.4 Å². The third-order valence-corrected chi connectivity index (χ3v) is 2.92. The molecule has 100 valence electrons. The quantitative estimate of drug-likeness (QED) is 0.803. The van der Waals surface area contributed by atoms with E-state index in [0.29, 0.717) is 5.75 Å². The van der Waals surface area contributed by atoms with Crippen molar-refractivity contribution in [1.82, 2.24) is 5.32 Å². The zero-order chi connectivity index (χ0) is 13.2. The molecule has 0 saturated carbocycles. The van der Waals surface area contributed by atoms with E-state index in [1.54, 1.807) is 0 Å². The van der Waals surface area contributed by atoms with Gasteiger partial charge >= 0.3 is 6.18 Å². The number of nitrogens with one attached hydrogen (secondary N) is 1. The summed E-state index contributed by atoms with van der Waals surface area (Å²) in [5, 5.41) is 3.18. The molecule has 1 fully saturated rings. The first-order chi connectivity index (χ1) is 8.47. The highest BCUT2D eigenvalue weighted by Crippen LogP contribution is 2.34. The van der Waals surface area contributed by atoms with Gasteiger partial charge in [0.25, 0.3) is 0 Å². The summed E-state index contributed by atoms with van der Waals surface area (Å²) in [6, 6.07) is 3.20. The van der Waals surface area contributed by atoms with Crippen molar-refractivity contribution >= 4 is 5.69 Å². The Morgan fingerprint density at radius 1 is 1.22 bits per heavy atom. The lowest BCUT2D eigenvalue weighted by atomic mass is 10.1. The summed E-state index contributed by atoms with van der Waals surface area (Å²) in [4.78, 5) is 0. The van der Waals surface area contributed by atoms with Crippen LogP contribution in [0.15, 0.2) is 18.2 Å². The Morgan fingerprint density at radius 2 is 1.89 bits per heavy atom. The normalized spacial score (nSPS) is 17.7. The molecule has 0 radical (unpaired) electrons. The minimum absolute atomic E-state index is 0.0188. The summed E-state index contributed by atoms with van der Waals surface area (Å²) in [5.74, 6) is 0.329. The smallest absolute Gasteiger partial charge is 0.416 e. The molecule has 0 aromatic heterocycles. The van der Waals surface area contributed by atoms with Crippen LogP contribution >= 0.6 is 0 Å². The van der Waals surface area contributed by atoms with Gasteiger partial charge in [-0.2, -0.15) is 13.2 Å². The zero-order valence-electron chi connectivity index (χ0n) is 9.76. The third kappa shape index (κ3) is 3.07. The second kappa shape index (κ2) is 5.06. The molecule has 1 aromatic carbocycles. The van der Waals surface area contributed by atoms with Crippen LogP contribution in [0.25, 0.3) is 0 Å². The van der Waals surface area contributed by atoms with E-state index in [-0.39, 0.29) is 11.8 Å². The van der Waals surface area contributed by atoms with E-state index in [0.717, 1.165) is 38.1 Å². The predicted octanol–water partition coefficient (Wildman–Crippen LogP) is 2.42. The highest BCUT2D eigenvalue weighted by Gasteiger charge is 2.31. The van der Waals surface area contributed by atoms with Crippen molar-refractivity contribution in [2.24, 2.45) is 0 Å². The fourth-order valence-electron chi connectivity index (χ4n) is 1.92. The van der Waals surface area contributed by atoms with Gasteiger partial charge in [0.1, 0.15) is 11.9 Å². The second-order valence-electron chi connectivity index (χ2n) is 4.32. The van der Waals surface area contributed by atoms with Crippen LogP contribution in [0.3, 0.4) is 0 Å². The van der Waals surface area contributed by atoms with Gasteiger partial charge < -0.3 is 15.8 Å². The van der Waals surface area contributed by atoms with Crippen molar-refractivity contribution in [2.75, 3.05) is 18.8 Å². The standard InChI is InChI=1S/C12H15F3N2O/c13-12(14,15)8-1-2-11(10(16)7-8)18-9-3-5-17-6-4-9/h1-2,7,9,17H,3-6,16H2. The van der Waals surface area contributed by atoms with Crippen molar-refractivity contribution in [3.05, 3.63) is 23.8 Å². The zero-order valence-corrected chi connectivity index (χ0v) is 9.76. The van der Waals surface area contributed by atoms with Gasteiger partial charge in [-0.15, -0.1) is 0 Å². The van der Waals surface area contributed by atoms with Gasteiger partial charge in [0.15, 0.2) is 0 Å². The number of anilines is 1. The van der Waals surface area contributed by atoms with Gasteiger partial charge in [-0.05, 0) is 44.1 Å². The first-order valence-corrected chi connectivity index (χ1v) is 5.81. The third-order valence-electron chi connectivity index (χ3n) is 2.92. The number of halogens is 3. The average Bonchev–Trinajstić information content (AvgIpc) is 2.32. The Hall–Kier alpha value is -1.43. The molecule has 0 atom stereocenters. The second-order valence-corrected chi connectivity index (χ2v) is 4.32. The van der Waals surface area contributed by atoms with E-state index in [2.05, 4.69) is 5.32 Å². The Balaban J connectivity index is 2.09. The van der Waals surface area contributed by atoms with Crippen LogP contribution in [-0.4, -0.2) is 19.2 Å². The highest BCUT2D eigenvalue weighted by atomic mass is 19.4. The van der Waals surface area contributed by atoms with E-state index in [1.165, 1.54) is 6.07 Å². The van der Waals surface area contributed by atoms with Crippen LogP contribution in [0, 0.1) is 0 Å². The molecular formula is C12H15F3N2O. The van der Waals surface area contributed by atoms with E-state index in [4.69, 9.17) is 10.5 Å². The molecule has 0 spiro atoms. The number of hydrogen-bond donors (Lipinski definition) is 2. The first kappa shape index (κ1) is 13.0. The van der Waals surface area contributed by atoms with Gasteiger partial charge in [-0.1, -0.05) is 0 Å². The maximum absolute atomic E-state index is 12.5. The number of benzene rings is 1. The average molecular weight is 260 g/mol. The van der Waals surface area contributed by atoms with Crippen LogP contribution in [0.4, 0.5) is 18.9 Å². The van der Waals surface area contributed by atoms with Crippen molar-refractivity contribution in [2.45, 2.75) is 25.1 Å². The van der Waals surface area contributed by atoms with Crippen molar-refractivity contribution in [3.63, 3.8) is 0 Å². The monoisotopic (exact) mass is 260 g/mol. The molecule has 18 heavy (non-hydrogen) atoms. The summed E-state index contributed by atoms with van der Waals surface area (Å²) in [7, 11) is 0. The van der Waals surface area contributed by atoms with Crippen molar-refractivity contribution in [1.29, 1.82) is 0 Å². The summed E-state index contributed by atoms with van der Waals surface area (Å²) in [6.45, 7) is 1.70. The molecular weight excluding hydrogens is 245 g/mol. The van der Waals surface area contributed by atoms with Gasteiger partial charge in [0, 0.05) is 0 Å². The van der Waals surface area contributed by atoms with Gasteiger partial charge in [-0.3, -0.25) is 0 Å². The lowest BCUT2D eigenvalue weighted by molar-refractivity contribution is -0.137. The number of hydrogen-bond acceptors (Lipinski definition) is 3. The molecule has 1 aliphatic heterocycles. The highest BCUT2D eigenvalue weighted by molar-refractivity contribution is 5.54. The number of ether oxygens (including phenoxy) is 1. The van der Waals surface area contributed by atoms with Crippen molar-refractivity contribution < 1.29 is 17.9 Å². The number of alkyl halides is 3. The Bertz CT molecular complexity index is 414. The van der Waals surface area contributed by atoms with Crippen LogP contribution in [0.5, 0.6) is 5.75 Å². The van der Waals surface area contributed by atoms with E-state index in [9.17, 15) is 13.2 Å². The maximum Gasteiger partial charge on any atom is 0.416 e. The predicted molar refractivity (Wildman–Crippen MR) is 62.4 cm³/mol. The molecule has 3 nitrogen and oxygen atoms in total. The molecule has 1 saturated heterocycles. The SMILES string of the molecule is Nc1cc(C(F)(F)F)ccc1OC1CCNCC1. The fourth-order valence-corrected chi connectivity index (χ4v) is 1.92. The summed E-state index contributed by atoms with van der Waals surface area (Å²) in [6.07, 6.45) is -2.69. The molecule has 2 rings (SSSR count). The van der Waals surface area contributed by atoms with Gasteiger partial charge in [0.2, 0.25) is 0 Å². The summed E-state index contributed by atoms with van der Waals surface area (Å²) < 4.78 is 43.0. The molecule has 1 aliphatic rings. The number of rotatable bonds is 2. The summed E-state index contributed by atoms with van der Waals surface area (Å²) in [5.41, 5.74) is 4.87. The van der Waals surface area contributed by atoms with E-state index in [1.807, 2.05) is 0 Å². The lowest BCUT2D eigenvalue weighted by Gasteiger charge is -2.24. The molecule has 3 N–H and O–H groups in total.